The first-order chi connectivity index (χ1) is 9.79. The molecule has 0 bridgehead atoms. The van der Waals surface area contributed by atoms with E-state index in [4.69, 9.17) is 0 Å². The minimum absolute atomic E-state index is 0.232. The summed E-state index contributed by atoms with van der Waals surface area (Å²) in [6.07, 6.45) is 9.80. The van der Waals surface area contributed by atoms with Crippen molar-refractivity contribution in [2.75, 3.05) is 26.2 Å². The molecule has 2 fully saturated rings. The van der Waals surface area contributed by atoms with Gasteiger partial charge in [-0.3, -0.25) is 9.69 Å². The first-order valence-corrected chi connectivity index (χ1v) is 8.53. The lowest BCUT2D eigenvalue weighted by atomic mass is 9.95. The molecule has 4 nitrogen and oxygen atoms in total. The molecule has 1 saturated heterocycles. The normalized spacial score (nSPS) is 24.8. The molecule has 20 heavy (non-hydrogen) atoms. The van der Waals surface area contributed by atoms with Gasteiger partial charge in [0.05, 0.1) is 6.54 Å². The molecule has 0 radical (unpaired) electrons. The summed E-state index contributed by atoms with van der Waals surface area (Å²) in [5, 5.41) is 6.70. The zero-order chi connectivity index (χ0) is 14.2. The van der Waals surface area contributed by atoms with Crippen molar-refractivity contribution < 1.29 is 4.79 Å². The topological polar surface area (TPSA) is 44.4 Å². The third kappa shape index (κ3) is 5.06. The van der Waals surface area contributed by atoms with E-state index in [2.05, 4.69) is 22.5 Å². The quantitative estimate of drug-likeness (QED) is 0.781. The van der Waals surface area contributed by atoms with Crippen LogP contribution >= 0.6 is 0 Å². The summed E-state index contributed by atoms with van der Waals surface area (Å²) in [6.45, 7) is 5.98. The maximum absolute atomic E-state index is 12.3. The molecular weight excluding hydrogens is 250 g/mol. The Morgan fingerprint density at radius 3 is 2.65 bits per heavy atom. The van der Waals surface area contributed by atoms with Gasteiger partial charge in [0.1, 0.15) is 0 Å². The number of hydrogen-bond donors (Lipinski definition) is 2. The Hall–Kier alpha value is -0.610. The summed E-state index contributed by atoms with van der Waals surface area (Å²) in [5.41, 5.74) is 0. The molecule has 0 aromatic rings. The van der Waals surface area contributed by atoms with E-state index < -0.39 is 0 Å². The van der Waals surface area contributed by atoms with Gasteiger partial charge in [-0.25, -0.2) is 0 Å². The summed E-state index contributed by atoms with van der Waals surface area (Å²) in [7, 11) is 0. The molecule has 1 aliphatic heterocycles. The van der Waals surface area contributed by atoms with Crippen molar-refractivity contribution in [2.45, 2.75) is 70.4 Å². The SMILES string of the molecule is CCCN(CC(=O)NC1CCCCC1)C1CCCNC1. The number of nitrogens with one attached hydrogen (secondary N) is 2. The lowest BCUT2D eigenvalue weighted by Crippen LogP contribution is -2.51. The van der Waals surface area contributed by atoms with Crippen LogP contribution in [-0.2, 0) is 4.79 Å². The molecule has 116 valence electrons. The average Bonchev–Trinajstić information content (AvgIpc) is 2.49. The number of amides is 1. The Morgan fingerprint density at radius 2 is 2.00 bits per heavy atom. The number of carbonyl (C=O) groups excluding carboxylic acids is 1. The Morgan fingerprint density at radius 1 is 1.20 bits per heavy atom. The van der Waals surface area contributed by atoms with Gasteiger partial charge in [-0.1, -0.05) is 26.2 Å². The second-order valence-electron chi connectivity index (χ2n) is 6.37. The van der Waals surface area contributed by atoms with Crippen LogP contribution in [0.3, 0.4) is 0 Å². The fourth-order valence-corrected chi connectivity index (χ4v) is 3.53. The highest BCUT2D eigenvalue weighted by molar-refractivity contribution is 5.78. The zero-order valence-corrected chi connectivity index (χ0v) is 13.0. The molecule has 2 aliphatic rings. The van der Waals surface area contributed by atoms with E-state index in [1.165, 1.54) is 44.9 Å². The molecule has 0 spiro atoms. The molecule has 2 N–H and O–H groups in total. The molecule has 0 aromatic heterocycles. The predicted molar refractivity (Wildman–Crippen MR) is 82.8 cm³/mol. The highest BCUT2D eigenvalue weighted by atomic mass is 16.2. The Labute approximate surface area is 123 Å². The zero-order valence-electron chi connectivity index (χ0n) is 13.0. The third-order valence-corrected chi connectivity index (χ3v) is 4.62. The molecule has 1 heterocycles. The summed E-state index contributed by atoms with van der Waals surface area (Å²) in [4.78, 5) is 14.6. The van der Waals surface area contributed by atoms with Crippen molar-refractivity contribution in [1.29, 1.82) is 0 Å². The van der Waals surface area contributed by atoms with Crippen LogP contribution in [0.4, 0.5) is 0 Å². The van der Waals surface area contributed by atoms with Crippen LogP contribution in [0.2, 0.25) is 0 Å². The molecule has 1 aliphatic carbocycles. The van der Waals surface area contributed by atoms with Gasteiger partial charge in [0, 0.05) is 18.6 Å². The van der Waals surface area contributed by atoms with E-state index in [9.17, 15) is 4.79 Å². The molecule has 1 amide bonds. The van der Waals surface area contributed by atoms with E-state index in [-0.39, 0.29) is 5.91 Å². The van der Waals surface area contributed by atoms with Gasteiger partial charge in [0.15, 0.2) is 0 Å². The van der Waals surface area contributed by atoms with Gasteiger partial charge < -0.3 is 10.6 Å². The van der Waals surface area contributed by atoms with Crippen LogP contribution in [-0.4, -0.2) is 49.1 Å². The van der Waals surface area contributed by atoms with Gasteiger partial charge in [-0.05, 0) is 45.2 Å². The number of carbonyl (C=O) groups is 1. The Bertz CT molecular complexity index is 283. The minimum atomic E-state index is 0.232. The standard InChI is InChI=1S/C16H31N3O/c1-2-11-19(15-9-6-10-17-12-15)13-16(20)18-14-7-4-3-5-8-14/h14-15,17H,2-13H2,1H3,(H,18,20). The maximum Gasteiger partial charge on any atom is 0.234 e. The molecular formula is C16H31N3O. The number of rotatable bonds is 6. The molecule has 4 heteroatoms. The maximum atomic E-state index is 12.3. The molecule has 2 rings (SSSR count). The highest BCUT2D eigenvalue weighted by Gasteiger charge is 2.23. The monoisotopic (exact) mass is 281 g/mol. The van der Waals surface area contributed by atoms with Crippen molar-refractivity contribution in [3.05, 3.63) is 0 Å². The lowest BCUT2D eigenvalue weighted by Gasteiger charge is -2.34. The van der Waals surface area contributed by atoms with Crippen LogP contribution in [0.25, 0.3) is 0 Å². The fraction of sp³-hybridized carbons (Fsp3) is 0.938. The predicted octanol–water partition coefficient (Wildman–Crippen LogP) is 1.90. The van der Waals surface area contributed by atoms with Crippen LogP contribution < -0.4 is 10.6 Å². The lowest BCUT2D eigenvalue weighted by molar-refractivity contribution is -0.123. The van der Waals surface area contributed by atoms with Gasteiger partial charge in [-0.2, -0.15) is 0 Å². The first-order valence-electron chi connectivity index (χ1n) is 8.53. The minimum Gasteiger partial charge on any atom is -0.352 e. The summed E-state index contributed by atoms with van der Waals surface area (Å²) >= 11 is 0. The van der Waals surface area contributed by atoms with E-state index in [1.807, 2.05) is 0 Å². The Balaban J connectivity index is 1.78. The summed E-state index contributed by atoms with van der Waals surface area (Å²) in [6, 6.07) is 0.977. The molecule has 1 atom stereocenters. The fourth-order valence-electron chi connectivity index (χ4n) is 3.53. The first kappa shape index (κ1) is 15.8. The van der Waals surface area contributed by atoms with Crippen LogP contribution in [0, 0.1) is 0 Å². The smallest absolute Gasteiger partial charge is 0.234 e. The van der Waals surface area contributed by atoms with Gasteiger partial charge in [0.2, 0.25) is 5.91 Å². The van der Waals surface area contributed by atoms with Crippen LogP contribution in [0.15, 0.2) is 0 Å². The molecule has 1 unspecified atom stereocenters. The molecule has 0 aromatic carbocycles. The Kier molecular flexibility index (Phi) is 6.80. The van der Waals surface area contributed by atoms with Crippen molar-refractivity contribution in [3.8, 4) is 0 Å². The van der Waals surface area contributed by atoms with Gasteiger partial charge in [0.25, 0.3) is 0 Å². The van der Waals surface area contributed by atoms with Crippen molar-refractivity contribution in [3.63, 3.8) is 0 Å². The summed E-state index contributed by atoms with van der Waals surface area (Å²) < 4.78 is 0. The number of nitrogens with zero attached hydrogens (tertiary/aromatic N) is 1. The van der Waals surface area contributed by atoms with Crippen LogP contribution in [0.5, 0.6) is 0 Å². The van der Waals surface area contributed by atoms with Crippen molar-refractivity contribution >= 4 is 5.91 Å². The van der Waals surface area contributed by atoms with Crippen LogP contribution in [0.1, 0.15) is 58.3 Å². The largest absolute Gasteiger partial charge is 0.352 e. The van der Waals surface area contributed by atoms with E-state index in [0.29, 0.717) is 18.6 Å². The second-order valence-corrected chi connectivity index (χ2v) is 6.37. The third-order valence-electron chi connectivity index (χ3n) is 4.62. The number of piperidine rings is 1. The summed E-state index contributed by atoms with van der Waals surface area (Å²) in [5.74, 6) is 0.232. The van der Waals surface area contributed by atoms with E-state index in [1.54, 1.807) is 0 Å². The van der Waals surface area contributed by atoms with Gasteiger partial charge >= 0.3 is 0 Å². The molecule has 1 saturated carbocycles. The van der Waals surface area contributed by atoms with Gasteiger partial charge in [-0.15, -0.1) is 0 Å². The average molecular weight is 281 g/mol. The second kappa shape index (κ2) is 8.63. The van der Waals surface area contributed by atoms with Crippen molar-refractivity contribution in [2.24, 2.45) is 0 Å². The highest BCUT2D eigenvalue weighted by Crippen LogP contribution is 2.17. The number of hydrogen-bond acceptors (Lipinski definition) is 3. The van der Waals surface area contributed by atoms with E-state index in [0.717, 1.165) is 26.1 Å². The van der Waals surface area contributed by atoms with E-state index >= 15 is 0 Å². The van der Waals surface area contributed by atoms with Crippen molar-refractivity contribution in [1.82, 2.24) is 15.5 Å².